The molecule has 1 amide bonds. The van der Waals surface area contributed by atoms with E-state index >= 15 is 0 Å². The fraction of sp³-hybridized carbons (Fsp3) is 0.190. The van der Waals surface area contributed by atoms with Crippen LogP contribution < -0.4 is 10.1 Å². The monoisotopic (exact) mass is 472 g/mol. The van der Waals surface area contributed by atoms with Gasteiger partial charge in [-0.2, -0.15) is 0 Å². The number of thioether (sulfide) groups is 1. The van der Waals surface area contributed by atoms with Gasteiger partial charge in [-0.05, 0) is 47.1 Å². The van der Waals surface area contributed by atoms with Crippen LogP contribution in [0.5, 0.6) is 5.75 Å². The molecule has 0 unspecified atom stereocenters. The Hall–Kier alpha value is -2.58. The molecule has 0 aliphatic carbocycles. The predicted octanol–water partition coefficient (Wildman–Crippen LogP) is 4.84. The molecule has 0 saturated carbocycles. The maximum atomic E-state index is 12.3. The number of aryl methyl sites for hydroxylation is 1. The second kappa shape index (κ2) is 10.3. The normalized spacial score (nSPS) is 10.6. The summed E-state index contributed by atoms with van der Waals surface area (Å²) in [5.41, 5.74) is 1.91. The van der Waals surface area contributed by atoms with E-state index in [0.717, 1.165) is 15.9 Å². The van der Waals surface area contributed by atoms with Gasteiger partial charge in [0, 0.05) is 11.0 Å². The number of nitrogens with zero attached hydrogens (tertiary/aromatic N) is 3. The van der Waals surface area contributed by atoms with Crippen molar-refractivity contribution in [3.63, 3.8) is 0 Å². The van der Waals surface area contributed by atoms with Gasteiger partial charge in [-0.3, -0.25) is 9.36 Å². The van der Waals surface area contributed by atoms with Gasteiger partial charge >= 0.3 is 0 Å². The quantitative estimate of drug-likeness (QED) is 0.356. The number of amides is 1. The Kier molecular flexibility index (Phi) is 7.48. The zero-order chi connectivity index (χ0) is 20.6. The van der Waals surface area contributed by atoms with E-state index in [4.69, 9.17) is 4.74 Å². The number of ether oxygens (including phenoxy) is 1. The number of hydrogen-bond acceptors (Lipinski definition) is 5. The fourth-order valence-electron chi connectivity index (χ4n) is 2.51. The van der Waals surface area contributed by atoms with Crippen LogP contribution in [-0.4, -0.2) is 26.4 Å². The second-order valence-corrected chi connectivity index (χ2v) is 8.01. The summed E-state index contributed by atoms with van der Waals surface area (Å²) in [6.07, 6.45) is 1.77. The van der Waals surface area contributed by atoms with Crippen LogP contribution in [0.1, 0.15) is 11.4 Å². The lowest BCUT2D eigenvalue weighted by atomic mass is 10.2. The summed E-state index contributed by atoms with van der Waals surface area (Å²) in [5, 5.41) is 12.0. The molecule has 0 bridgehead atoms. The summed E-state index contributed by atoms with van der Waals surface area (Å²) >= 11 is 4.75. The molecular weight excluding hydrogens is 452 g/mol. The lowest BCUT2D eigenvalue weighted by molar-refractivity contribution is -0.113. The van der Waals surface area contributed by atoms with Crippen LogP contribution in [0.15, 0.2) is 70.8 Å². The van der Waals surface area contributed by atoms with Gasteiger partial charge in [-0.25, -0.2) is 0 Å². The van der Waals surface area contributed by atoms with Crippen molar-refractivity contribution in [2.24, 2.45) is 0 Å². The number of para-hydroxylation sites is 1. The minimum absolute atomic E-state index is 0.118. The van der Waals surface area contributed by atoms with E-state index in [-0.39, 0.29) is 18.3 Å². The fourth-order valence-corrected chi connectivity index (χ4v) is 3.66. The maximum absolute atomic E-state index is 12.3. The molecule has 1 N–H and O–H groups in total. The van der Waals surface area contributed by atoms with E-state index in [2.05, 4.69) is 38.0 Å². The first-order valence-corrected chi connectivity index (χ1v) is 10.7. The van der Waals surface area contributed by atoms with E-state index in [9.17, 15) is 4.79 Å². The molecule has 0 spiro atoms. The summed E-state index contributed by atoms with van der Waals surface area (Å²) in [7, 11) is 0. The zero-order valence-corrected chi connectivity index (χ0v) is 18.4. The third-order valence-corrected chi connectivity index (χ3v) is 5.63. The molecule has 6 nitrogen and oxygen atoms in total. The molecule has 1 aromatic heterocycles. The minimum atomic E-state index is -0.118. The van der Waals surface area contributed by atoms with Crippen molar-refractivity contribution in [1.82, 2.24) is 14.8 Å². The summed E-state index contributed by atoms with van der Waals surface area (Å²) in [4.78, 5) is 12.3. The first kappa shape index (κ1) is 21.1. The molecular formula is C21H21BrN4O2S. The highest BCUT2D eigenvalue weighted by Gasteiger charge is 2.14. The molecule has 150 valence electrons. The van der Waals surface area contributed by atoms with Crippen LogP contribution in [0.3, 0.4) is 0 Å². The first-order valence-electron chi connectivity index (χ1n) is 8.96. The van der Waals surface area contributed by atoms with Crippen LogP contribution in [0.25, 0.3) is 0 Å². The van der Waals surface area contributed by atoms with Gasteiger partial charge in [0.25, 0.3) is 0 Å². The second-order valence-electron chi connectivity index (χ2n) is 6.22. The van der Waals surface area contributed by atoms with Gasteiger partial charge in [-0.1, -0.05) is 47.7 Å². The van der Waals surface area contributed by atoms with E-state index < -0.39 is 0 Å². The summed E-state index contributed by atoms with van der Waals surface area (Å²) in [6, 6.07) is 15.3. The highest BCUT2D eigenvalue weighted by molar-refractivity contribution is 9.10. The summed E-state index contributed by atoms with van der Waals surface area (Å²) < 4.78 is 8.55. The smallest absolute Gasteiger partial charge is 0.234 e. The molecule has 2 aromatic carbocycles. The lowest BCUT2D eigenvalue weighted by Gasteiger charge is -2.10. The van der Waals surface area contributed by atoms with Crippen LogP contribution in [0, 0.1) is 6.92 Å². The Bertz CT molecular complexity index is 989. The van der Waals surface area contributed by atoms with Gasteiger partial charge in [-0.15, -0.1) is 16.8 Å². The molecule has 0 atom stereocenters. The molecule has 3 rings (SSSR count). The van der Waals surface area contributed by atoms with Crippen LogP contribution in [-0.2, 0) is 17.9 Å². The predicted molar refractivity (Wildman–Crippen MR) is 119 cm³/mol. The van der Waals surface area contributed by atoms with E-state index in [1.807, 2.05) is 60.0 Å². The number of benzene rings is 2. The third-order valence-electron chi connectivity index (χ3n) is 3.97. The van der Waals surface area contributed by atoms with Crippen LogP contribution in [0.2, 0.25) is 0 Å². The van der Waals surface area contributed by atoms with Crippen molar-refractivity contribution in [3.8, 4) is 5.75 Å². The minimum Gasteiger partial charge on any atom is -0.486 e. The van der Waals surface area contributed by atoms with Crippen molar-refractivity contribution in [1.29, 1.82) is 0 Å². The standard InChI is InChI=1S/C21H21BrN4O2S/c1-3-12-26-19(13-28-16-10-8-15(2)9-11-16)24-25-21(26)29-14-20(27)23-18-7-5-4-6-17(18)22/h3-11H,1,12-14H2,2H3,(H,23,27). The Labute approximate surface area is 182 Å². The van der Waals surface area contributed by atoms with Crippen molar-refractivity contribution in [3.05, 3.63) is 77.0 Å². The van der Waals surface area contributed by atoms with Crippen molar-refractivity contribution >= 4 is 39.3 Å². The van der Waals surface area contributed by atoms with Gasteiger partial charge in [0.15, 0.2) is 11.0 Å². The number of carbonyl (C=O) groups is 1. The Morgan fingerprint density at radius 2 is 2.00 bits per heavy atom. The molecule has 29 heavy (non-hydrogen) atoms. The van der Waals surface area contributed by atoms with Crippen molar-refractivity contribution < 1.29 is 9.53 Å². The molecule has 1 heterocycles. The number of hydrogen-bond donors (Lipinski definition) is 1. The molecule has 0 aliphatic rings. The number of halogens is 1. The molecule has 0 saturated heterocycles. The zero-order valence-electron chi connectivity index (χ0n) is 16.0. The Balaban J connectivity index is 1.61. The van der Waals surface area contributed by atoms with E-state index in [1.165, 1.54) is 17.3 Å². The number of rotatable bonds is 9. The highest BCUT2D eigenvalue weighted by atomic mass is 79.9. The topological polar surface area (TPSA) is 69.0 Å². The molecule has 3 aromatic rings. The van der Waals surface area contributed by atoms with Gasteiger partial charge in [0.1, 0.15) is 12.4 Å². The number of allylic oxidation sites excluding steroid dienone is 1. The molecule has 0 fully saturated rings. The number of carbonyl (C=O) groups excluding carboxylic acids is 1. The SMILES string of the molecule is C=CCn1c(COc2ccc(C)cc2)nnc1SCC(=O)Nc1ccccc1Br. The number of nitrogens with one attached hydrogen (secondary N) is 1. The highest BCUT2D eigenvalue weighted by Crippen LogP contribution is 2.23. The first-order chi connectivity index (χ1) is 14.1. The third kappa shape index (κ3) is 5.95. The number of aromatic nitrogens is 3. The maximum Gasteiger partial charge on any atom is 0.234 e. The largest absolute Gasteiger partial charge is 0.486 e. The van der Waals surface area contributed by atoms with Crippen molar-refractivity contribution in [2.75, 3.05) is 11.1 Å². The van der Waals surface area contributed by atoms with Crippen LogP contribution >= 0.6 is 27.7 Å². The Morgan fingerprint density at radius 1 is 1.24 bits per heavy atom. The molecule has 0 aliphatic heterocycles. The van der Waals surface area contributed by atoms with E-state index in [1.54, 1.807) is 6.08 Å². The lowest BCUT2D eigenvalue weighted by Crippen LogP contribution is -2.15. The van der Waals surface area contributed by atoms with Gasteiger partial charge in [0.2, 0.25) is 5.91 Å². The number of anilines is 1. The van der Waals surface area contributed by atoms with Gasteiger partial charge < -0.3 is 10.1 Å². The Morgan fingerprint density at radius 3 is 2.72 bits per heavy atom. The average molecular weight is 473 g/mol. The molecule has 0 radical (unpaired) electrons. The summed E-state index contributed by atoms with van der Waals surface area (Å²) in [5.74, 6) is 1.55. The summed E-state index contributed by atoms with van der Waals surface area (Å²) in [6.45, 7) is 6.64. The van der Waals surface area contributed by atoms with E-state index in [0.29, 0.717) is 17.5 Å². The molecule has 8 heteroatoms. The van der Waals surface area contributed by atoms with Crippen LogP contribution in [0.4, 0.5) is 5.69 Å². The van der Waals surface area contributed by atoms with Gasteiger partial charge in [0.05, 0.1) is 11.4 Å². The van der Waals surface area contributed by atoms with Crippen molar-refractivity contribution in [2.45, 2.75) is 25.2 Å². The average Bonchev–Trinajstić information content (AvgIpc) is 3.10.